The van der Waals surface area contributed by atoms with Gasteiger partial charge in [0.1, 0.15) is 12.2 Å². The van der Waals surface area contributed by atoms with Crippen molar-refractivity contribution in [3.63, 3.8) is 0 Å². The first-order valence-electron chi connectivity index (χ1n) is 7.08. The number of rotatable bonds is 4. The van der Waals surface area contributed by atoms with Crippen molar-refractivity contribution in [2.45, 2.75) is 46.0 Å². The average Bonchev–Trinajstić information content (AvgIpc) is 2.93. The summed E-state index contributed by atoms with van der Waals surface area (Å²) in [6.07, 6.45) is 0.238. The smallest absolute Gasteiger partial charge is 0.258 e. The van der Waals surface area contributed by atoms with Crippen molar-refractivity contribution in [2.75, 3.05) is 6.54 Å². The largest absolute Gasteiger partial charge is 0.368 e. The first-order chi connectivity index (χ1) is 9.81. The number of hydrogen-bond donors (Lipinski definition) is 1. The number of primary amides is 1. The van der Waals surface area contributed by atoms with Crippen LogP contribution in [0.4, 0.5) is 4.39 Å². The highest BCUT2D eigenvalue weighted by atomic mass is 19.1. The minimum Gasteiger partial charge on any atom is -0.368 e. The van der Waals surface area contributed by atoms with Crippen molar-refractivity contribution in [1.29, 1.82) is 0 Å². The van der Waals surface area contributed by atoms with Gasteiger partial charge in [-0.05, 0) is 12.8 Å². The molecule has 1 fully saturated rings. The van der Waals surface area contributed by atoms with Crippen molar-refractivity contribution in [3.8, 4) is 0 Å². The standard InChI is InChI=1S/C14H21FN4O2/c1-8(2)6-19-9(3)11(5-17-19)14(21)18-7-10(15)4-12(18)13(16)20/h5,8,10,12H,4,6-7H2,1-3H3,(H2,16,20)/t10-,12+/m1/s1. The molecule has 0 saturated carbocycles. The fourth-order valence-corrected chi connectivity index (χ4v) is 2.62. The SMILES string of the molecule is Cc1c(C(=O)N2C[C@H](F)C[C@H]2C(N)=O)cnn1CC(C)C. The van der Waals surface area contributed by atoms with Crippen LogP contribution in [0.1, 0.15) is 36.3 Å². The zero-order valence-corrected chi connectivity index (χ0v) is 12.5. The third-order valence-electron chi connectivity index (χ3n) is 3.71. The number of halogens is 1. The molecule has 2 heterocycles. The maximum Gasteiger partial charge on any atom is 0.258 e. The Balaban J connectivity index is 2.24. The number of amides is 2. The number of nitrogens with zero attached hydrogens (tertiary/aromatic N) is 3. The van der Waals surface area contributed by atoms with Gasteiger partial charge in [0, 0.05) is 18.7 Å². The summed E-state index contributed by atoms with van der Waals surface area (Å²) in [6.45, 7) is 6.51. The second-order valence-corrected chi connectivity index (χ2v) is 5.93. The minimum absolute atomic E-state index is 0.0275. The number of alkyl halides is 1. The van der Waals surface area contributed by atoms with E-state index < -0.39 is 18.1 Å². The number of carbonyl (C=O) groups excluding carboxylic acids is 2. The molecule has 1 aliphatic rings. The van der Waals surface area contributed by atoms with Crippen molar-refractivity contribution < 1.29 is 14.0 Å². The molecule has 0 bridgehead atoms. The molecule has 7 heteroatoms. The third kappa shape index (κ3) is 3.06. The molecule has 116 valence electrons. The minimum atomic E-state index is -1.21. The fraction of sp³-hybridized carbons (Fsp3) is 0.643. The summed E-state index contributed by atoms with van der Waals surface area (Å²) in [5, 5.41) is 4.20. The molecule has 0 radical (unpaired) electrons. The number of carbonyl (C=O) groups is 2. The van der Waals surface area contributed by atoms with Gasteiger partial charge in [0.15, 0.2) is 0 Å². The van der Waals surface area contributed by atoms with Gasteiger partial charge in [-0.25, -0.2) is 4.39 Å². The molecule has 2 amide bonds. The molecule has 6 nitrogen and oxygen atoms in total. The van der Waals surface area contributed by atoms with Gasteiger partial charge in [0.25, 0.3) is 5.91 Å². The van der Waals surface area contributed by atoms with E-state index in [-0.39, 0.29) is 18.9 Å². The molecule has 1 saturated heterocycles. The van der Waals surface area contributed by atoms with E-state index in [1.807, 2.05) is 0 Å². The highest BCUT2D eigenvalue weighted by Gasteiger charge is 2.39. The summed E-state index contributed by atoms with van der Waals surface area (Å²) in [7, 11) is 0. The molecular formula is C14H21FN4O2. The number of aromatic nitrogens is 2. The Morgan fingerprint density at radius 3 is 2.76 bits per heavy atom. The molecule has 0 spiro atoms. The van der Waals surface area contributed by atoms with E-state index in [1.165, 1.54) is 11.1 Å². The summed E-state index contributed by atoms with van der Waals surface area (Å²) in [5.74, 6) is -0.658. The second-order valence-electron chi connectivity index (χ2n) is 5.93. The molecule has 1 aliphatic heterocycles. The molecule has 21 heavy (non-hydrogen) atoms. The quantitative estimate of drug-likeness (QED) is 0.895. The highest BCUT2D eigenvalue weighted by molar-refractivity contribution is 5.98. The van der Waals surface area contributed by atoms with Gasteiger partial charge in [-0.3, -0.25) is 14.3 Å². The summed E-state index contributed by atoms with van der Waals surface area (Å²) < 4.78 is 15.3. The van der Waals surface area contributed by atoms with E-state index in [0.717, 1.165) is 5.69 Å². The second kappa shape index (κ2) is 5.83. The number of nitrogens with two attached hydrogens (primary N) is 1. The van der Waals surface area contributed by atoms with E-state index in [1.54, 1.807) is 11.6 Å². The van der Waals surface area contributed by atoms with E-state index >= 15 is 0 Å². The maximum absolute atomic E-state index is 13.5. The lowest BCUT2D eigenvalue weighted by Crippen LogP contribution is -2.43. The Labute approximate surface area is 123 Å². The molecule has 0 aliphatic carbocycles. The van der Waals surface area contributed by atoms with Gasteiger partial charge < -0.3 is 10.6 Å². The Hall–Kier alpha value is -1.92. The number of likely N-dealkylation sites (tertiary alicyclic amines) is 1. The average molecular weight is 296 g/mol. The molecule has 2 N–H and O–H groups in total. The van der Waals surface area contributed by atoms with Crippen LogP contribution in [0.5, 0.6) is 0 Å². The lowest BCUT2D eigenvalue weighted by atomic mass is 10.1. The Bertz CT molecular complexity index is 555. The first kappa shape index (κ1) is 15.5. The van der Waals surface area contributed by atoms with E-state index in [2.05, 4.69) is 18.9 Å². The molecule has 0 unspecified atom stereocenters. The van der Waals surface area contributed by atoms with E-state index in [0.29, 0.717) is 18.0 Å². The molecular weight excluding hydrogens is 275 g/mol. The van der Waals surface area contributed by atoms with Crippen molar-refractivity contribution in [1.82, 2.24) is 14.7 Å². The van der Waals surface area contributed by atoms with Gasteiger partial charge >= 0.3 is 0 Å². The van der Waals surface area contributed by atoms with Crippen LogP contribution >= 0.6 is 0 Å². The molecule has 1 aromatic heterocycles. The summed E-state index contributed by atoms with van der Waals surface area (Å²) in [5.41, 5.74) is 6.38. The van der Waals surface area contributed by atoms with Crippen LogP contribution in [-0.4, -0.2) is 45.3 Å². The predicted octanol–water partition coefficient (Wildman–Crippen LogP) is 0.885. The van der Waals surface area contributed by atoms with Crippen LogP contribution in [0.25, 0.3) is 0 Å². The van der Waals surface area contributed by atoms with E-state index in [4.69, 9.17) is 5.73 Å². The lowest BCUT2D eigenvalue weighted by molar-refractivity contribution is -0.121. The third-order valence-corrected chi connectivity index (χ3v) is 3.71. The Morgan fingerprint density at radius 1 is 1.52 bits per heavy atom. The van der Waals surface area contributed by atoms with Crippen LogP contribution in [-0.2, 0) is 11.3 Å². The topological polar surface area (TPSA) is 81.2 Å². The van der Waals surface area contributed by atoms with Crippen LogP contribution in [0, 0.1) is 12.8 Å². The number of hydrogen-bond acceptors (Lipinski definition) is 3. The van der Waals surface area contributed by atoms with Crippen molar-refractivity contribution in [2.24, 2.45) is 11.7 Å². The molecule has 2 rings (SSSR count). The van der Waals surface area contributed by atoms with Gasteiger partial charge in [-0.2, -0.15) is 5.10 Å². The van der Waals surface area contributed by atoms with Gasteiger partial charge in [-0.15, -0.1) is 0 Å². The van der Waals surface area contributed by atoms with Crippen molar-refractivity contribution >= 4 is 11.8 Å². The Kier molecular flexibility index (Phi) is 4.29. The first-order valence-corrected chi connectivity index (χ1v) is 7.08. The van der Waals surface area contributed by atoms with E-state index in [9.17, 15) is 14.0 Å². The molecule has 1 aromatic rings. The highest BCUT2D eigenvalue weighted by Crippen LogP contribution is 2.23. The summed E-state index contributed by atoms with van der Waals surface area (Å²) >= 11 is 0. The fourth-order valence-electron chi connectivity index (χ4n) is 2.62. The summed E-state index contributed by atoms with van der Waals surface area (Å²) in [4.78, 5) is 25.1. The van der Waals surface area contributed by atoms with Gasteiger partial charge in [0.2, 0.25) is 5.91 Å². The zero-order chi connectivity index (χ0) is 15.7. The van der Waals surface area contributed by atoms with Gasteiger partial charge in [0.05, 0.1) is 18.3 Å². The summed E-state index contributed by atoms with van der Waals surface area (Å²) in [6, 6.07) is -0.875. The maximum atomic E-state index is 13.5. The monoisotopic (exact) mass is 296 g/mol. The van der Waals surface area contributed by atoms with Crippen LogP contribution in [0.2, 0.25) is 0 Å². The van der Waals surface area contributed by atoms with Crippen LogP contribution < -0.4 is 5.73 Å². The van der Waals surface area contributed by atoms with Crippen LogP contribution in [0.15, 0.2) is 6.20 Å². The van der Waals surface area contributed by atoms with Crippen LogP contribution in [0.3, 0.4) is 0 Å². The molecule has 2 atom stereocenters. The van der Waals surface area contributed by atoms with Crippen molar-refractivity contribution in [3.05, 3.63) is 17.5 Å². The zero-order valence-electron chi connectivity index (χ0n) is 12.5. The Morgan fingerprint density at radius 2 is 2.19 bits per heavy atom. The molecule has 0 aromatic carbocycles. The lowest BCUT2D eigenvalue weighted by Gasteiger charge is -2.21. The normalized spacial score (nSPS) is 22.0. The van der Waals surface area contributed by atoms with Gasteiger partial charge in [-0.1, -0.05) is 13.8 Å². The predicted molar refractivity (Wildman–Crippen MR) is 75.3 cm³/mol.